The summed E-state index contributed by atoms with van der Waals surface area (Å²) in [5.74, 6) is -1.95. The molecule has 1 aliphatic carbocycles. The van der Waals surface area contributed by atoms with Crippen LogP contribution in [0.4, 0.5) is 22.0 Å². The number of fused-ring (bicyclic) bond motifs is 1. The van der Waals surface area contributed by atoms with Gasteiger partial charge in [-0.15, -0.1) is 11.8 Å². The Bertz CT molecular complexity index is 1670. The van der Waals surface area contributed by atoms with Crippen LogP contribution in [0, 0.1) is 17.6 Å². The number of carbonyl (C=O) groups excluding carboxylic acids is 2. The van der Waals surface area contributed by atoms with Crippen molar-refractivity contribution in [2.45, 2.75) is 69.6 Å². The van der Waals surface area contributed by atoms with Crippen LogP contribution in [-0.2, 0) is 28.1 Å². The minimum Gasteiger partial charge on any atom is -0.353 e. The number of hydrogen-bond donors (Lipinski definition) is 0. The number of allylic oxidation sites excluding steroid dienone is 1. The molecule has 2 fully saturated rings. The summed E-state index contributed by atoms with van der Waals surface area (Å²) in [5, 5.41) is 0.604. The van der Waals surface area contributed by atoms with Gasteiger partial charge < -0.3 is 14.7 Å². The van der Waals surface area contributed by atoms with Gasteiger partial charge in [0, 0.05) is 55.0 Å². The van der Waals surface area contributed by atoms with Crippen LogP contribution in [0.3, 0.4) is 0 Å². The maximum Gasteiger partial charge on any atom is 0.416 e. The molecule has 5 nitrogen and oxygen atoms in total. The Balaban J connectivity index is 1.22. The Morgan fingerprint density at radius 2 is 1.59 bits per heavy atom. The highest BCUT2D eigenvalue weighted by atomic mass is 32.2. The zero-order chi connectivity index (χ0) is 34.7. The van der Waals surface area contributed by atoms with Gasteiger partial charge in [0.05, 0.1) is 17.1 Å². The number of ketones is 1. The van der Waals surface area contributed by atoms with E-state index in [1.807, 2.05) is 34.1 Å². The summed E-state index contributed by atoms with van der Waals surface area (Å²) in [4.78, 5) is 33.8. The first kappa shape index (κ1) is 35.1. The van der Waals surface area contributed by atoms with Crippen LogP contribution in [0.25, 0.3) is 11.1 Å². The molecule has 6 rings (SSSR count). The van der Waals surface area contributed by atoms with Crippen molar-refractivity contribution in [1.29, 1.82) is 0 Å². The van der Waals surface area contributed by atoms with Gasteiger partial charge in [-0.1, -0.05) is 61.9 Å². The third kappa shape index (κ3) is 8.04. The van der Waals surface area contributed by atoms with Gasteiger partial charge in [-0.2, -0.15) is 13.2 Å². The van der Waals surface area contributed by atoms with Crippen LogP contribution in [-0.4, -0.2) is 64.7 Å². The summed E-state index contributed by atoms with van der Waals surface area (Å²) in [5.41, 5.74) is 1.85. The largest absolute Gasteiger partial charge is 0.416 e. The lowest BCUT2D eigenvalue weighted by molar-refractivity contribution is -0.138. The molecule has 49 heavy (non-hydrogen) atoms. The molecule has 0 N–H and O–H groups in total. The van der Waals surface area contributed by atoms with Gasteiger partial charge in [0.25, 0.3) is 0 Å². The summed E-state index contributed by atoms with van der Waals surface area (Å²) >= 11 is 1.25. The molecule has 0 aromatic heterocycles. The lowest BCUT2D eigenvalue weighted by Gasteiger charge is -2.42. The van der Waals surface area contributed by atoms with Crippen molar-refractivity contribution >= 4 is 23.5 Å². The van der Waals surface area contributed by atoms with E-state index in [1.165, 1.54) is 36.0 Å². The quantitative estimate of drug-likeness (QED) is 0.200. The number of piperidine rings is 1. The number of likely N-dealkylation sites (tertiary alicyclic amines) is 1. The van der Waals surface area contributed by atoms with Crippen molar-refractivity contribution in [2.24, 2.45) is 5.92 Å². The molecule has 0 radical (unpaired) electrons. The molecule has 1 amide bonds. The summed E-state index contributed by atoms with van der Waals surface area (Å²) in [6.07, 6.45) is 1.23. The van der Waals surface area contributed by atoms with Crippen LogP contribution in [0.2, 0.25) is 0 Å². The first-order valence-electron chi connectivity index (χ1n) is 16.9. The van der Waals surface area contributed by atoms with Gasteiger partial charge in [-0.3, -0.25) is 9.59 Å². The normalized spacial score (nSPS) is 20.3. The van der Waals surface area contributed by atoms with Gasteiger partial charge >= 0.3 is 6.18 Å². The molecule has 1 saturated heterocycles. The van der Waals surface area contributed by atoms with Crippen LogP contribution in [0.15, 0.2) is 77.8 Å². The Morgan fingerprint density at radius 3 is 2.24 bits per heavy atom. The zero-order valence-electron chi connectivity index (χ0n) is 27.4. The minimum absolute atomic E-state index is 0.0113. The lowest BCUT2D eigenvalue weighted by Crippen LogP contribution is -2.52. The zero-order valence-corrected chi connectivity index (χ0v) is 28.2. The molecule has 3 aliphatic rings. The number of carbonyl (C=O) groups is 2. The van der Waals surface area contributed by atoms with Gasteiger partial charge in [0.1, 0.15) is 0 Å². The van der Waals surface area contributed by atoms with Crippen molar-refractivity contribution in [3.8, 4) is 11.1 Å². The van der Waals surface area contributed by atoms with Crippen LogP contribution >= 0.6 is 11.8 Å². The highest BCUT2D eigenvalue weighted by Gasteiger charge is 2.42. The molecule has 0 bridgehead atoms. The van der Waals surface area contributed by atoms with E-state index in [4.69, 9.17) is 0 Å². The molecule has 2 aliphatic heterocycles. The molecule has 2 atom stereocenters. The number of benzene rings is 3. The van der Waals surface area contributed by atoms with Crippen molar-refractivity contribution in [2.75, 3.05) is 26.2 Å². The maximum absolute atomic E-state index is 14.5. The van der Waals surface area contributed by atoms with Gasteiger partial charge in [-0.05, 0) is 67.1 Å². The Morgan fingerprint density at radius 1 is 0.918 bits per heavy atom. The van der Waals surface area contributed by atoms with Gasteiger partial charge in [-0.25, -0.2) is 8.78 Å². The Labute approximate surface area is 288 Å². The summed E-state index contributed by atoms with van der Waals surface area (Å²) < 4.78 is 67.6. The number of rotatable bonds is 10. The number of amides is 1. The van der Waals surface area contributed by atoms with Gasteiger partial charge in [0.15, 0.2) is 17.4 Å². The number of nitrogens with zero attached hydrogens (tertiary/aromatic N) is 3. The van der Waals surface area contributed by atoms with Crippen molar-refractivity contribution < 1.29 is 31.5 Å². The summed E-state index contributed by atoms with van der Waals surface area (Å²) in [6.45, 7) is 5.25. The predicted molar refractivity (Wildman–Crippen MR) is 181 cm³/mol. The molecule has 11 heteroatoms. The molecular weight excluding hydrogens is 657 g/mol. The fraction of sp³-hybridized carbons (Fsp3) is 0.421. The van der Waals surface area contributed by atoms with Crippen molar-refractivity contribution in [3.63, 3.8) is 0 Å². The number of hydrogen-bond acceptors (Lipinski definition) is 5. The Kier molecular flexibility index (Phi) is 10.8. The van der Waals surface area contributed by atoms with Crippen molar-refractivity contribution in [3.05, 3.63) is 106 Å². The van der Waals surface area contributed by atoms with E-state index in [0.29, 0.717) is 17.1 Å². The number of alkyl halides is 3. The van der Waals surface area contributed by atoms with E-state index in [9.17, 15) is 31.5 Å². The molecule has 2 unspecified atom stereocenters. The summed E-state index contributed by atoms with van der Waals surface area (Å²) in [6, 6.07) is 16.6. The van der Waals surface area contributed by atoms with Crippen LogP contribution < -0.4 is 0 Å². The van der Waals surface area contributed by atoms with Crippen LogP contribution in [0.1, 0.15) is 55.7 Å². The standard InChI is InChI=1S/C38H40F5N3O2S/c1-2-44-19-17-30(18-20-44)45(22-25-9-11-26(12-10-25)27-13-15-29(16-14-27)38(41,42)43)35(48)23-46-33-8-4-6-31(33)34(47)21-36(46)49-24-28-5-3-7-32(39)37(28)40/h3,5,7,9-16,21,30-31,33H,2,4,6,8,17-20,22-24H2,1H3. The fourth-order valence-corrected chi connectivity index (χ4v) is 8.40. The number of thioether (sulfide) groups is 1. The van der Waals surface area contributed by atoms with E-state index in [-0.39, 0.29) is 47.6 Å². The molecular formula is C38H40F5N3O2S. The molecule has 260 valence electrons. The molecule has 2 heterocycles. The molecule has 3 aromatic rings. The van der Waals surface area contributed by atoms with E-state index in [2.05, 4.69) is 11.8 Å². The second-order valence-electron chi connectivity index (χ2n) is 13.1. The smallest absolute Gasteiger partial charge is 0.353 e. The predicted octanol–water partition coefficient (Wildman–Crippen LogP) is 8.29. The third-order valence-electron chi connectivity index (χ3n) is 10.1. The average Bonchev–Trinajstić information content (AvgIpc) is 3.60. The highest BCUT2D eigenvalue weighted by molar-refractivity contribution is 8.02. The van der Waals surface area contributed by atoms with Crippen molar-refractivity contribution in [1.82, 2.24) is 14.7 Å². The van der Waals surface area contributed by atoms with Gasteiger partial charge in [0.2, 0.25) is 5.91 Å². The monoisotopic (exact) mass is 697 g/mol. The first-order valence-corrected chi connectivity index (χ1v) is 17.9. The van der Waals surface area contributed by atoms with E-state index < -0.39 is 23.4 Å². The average molecular weight is 698 g/mol. The fourth-order valence-electron chi connectivity index (χ4n) is 7.31. The van der Waals surface area contributed by atoms with E-state index in [0.717, 1.165) is 81.1 Å². The van der Waals surface area contributed by atoms with Crippen LogP contribution in [0.5, 0.6) is 0 Å². The maximum atomic E-state index is 14.5. The second-order valence-corrected chi connectivity index (χ2v) is 14.1. The first-order chi connectivity index (χ1) is 23.5. The topological polar surface area (TPSA) is 43.9 Å². The van der Waals surface area contributed by atoms with E-state index in [1.54, 1.807) is 6.08 Å². The lowest BCUT2D eigenvalue weighted by atomic mass is 9.94. The second kappa shape index (κ2) is 15.0. The molecule has 3 aromatic carbocycles. The highest BCUT2D eigenvalue weighted by Crippen LogP contribution is 2.41. The summed E-state index contributed by atoms with van der Waals surface area (Å²) in [7, 11) is 0. The molecule has 0 spiro atoms. The van der Waals surface area contributed by atoms with E-state index >= 15 is 0 Å². The third-order valence-corrected chi connectivity index (χ3v) is 11.2. The SMILES string of the molecule is CCN1CCC(N(Cc2ccc(-c3ccc(C(F)(F)F)cc3)cc2)C(=O)CN2C(SCc3cccc(F)c3F)=CC(=O)C3CCCC32)CC1. The number of halogens is 5. The Hall–Kier alpha value is -3.70. The minimum atomic E-state index is -4.40. The molecule has 1 saturated carbocycles.